The highest BCUT2D eigenvalue weighted by Crippen LogP contribution is 2.37. The van der Waals surface area contributed by atoms with Gasteiger partial charge < -0.3 is 24.8 Å². The Kier molecular flexibility index (Phi) is 4.22. The number of aromatic hydroxyl groups is 1. The molecule has 2 N–H and O–H groups in total. The lowest BCUT2D eigenvalue weighted by molar-refractivity contribution is 0.174. The molecule has 1 saturated heterocycles. The highest BCUT2D eigenvalue weighted by atomic mass is 16.7. The molecule has 1 aromatic rings. The van der Waals surface area contributed by atoms with Gasteiger partial charge in [-0.2, -0.15) is 0 Å². The van der Waals surface area contributed by atoms with E-state index in [9.17, 15) is 5.11 Å². The molecule has 5 heteroatoms. The van der Waals surface area contributed by atoms with Crippen LogP contribution in [0.25, 0.3) is 0 Å². The van der Waals surface area contributed by atoms with Crippen molar-refractivity contribution in [3.05, 3.63) is 17.7 Å². The van der Waals surface area contributed by atoms with Crippen LogP contribution in [-0.4, -0.2) is 42.5 Å². The van der Waals surface area contributed by atoms with Gasteiger partial charge in [0.05, 0.1) is 0 Å². The lowest BCUT2D eigenvalue weighted by Gasteiger charge is -2.20. The summed E-state index contributed by atoms with van der Waals surface area (Å²) in [6, 6.07) is 4.13. The van der Waals surface area contributed by atoms with Crippen LogP contribution >= 0.6 is 0 Å². The smallest absolute Gasteiger partial charge is 0.231 e. The number of fused-ring (bicyclic) bond motifs is 1. The zero-order valence-corrected chi connectivity index (χ0v) is 12.8. The van der Waals surface area contributed by atoms with Crippen molar-refractivity contribution in [2.24, 2.45) is 5.92 Å². The Morgan fingerprint density at radius 2 is 2.10 bits per heavy atom. The molecular weight excluding hydrogens is 268 g/mol. The molecule has 116 valence electrons. The van der Waals surface area contributed by atoms with Crippen LogP contribution in [0.3, 0.4) is 0 Å². The van der Waals surface area contributed by atoms with Crippen LogP contribution in [0.4, 0.5) is 0 Å². The number of rotatable bonds is 5. The van der Waals surface area contributed by atoms with Gasteiger partial charge >= 0.3 is 0 Å². The molecule has 1 fully saturated rings. The molecule has 0 saturated carbocycles. The second kappa shape index (κ2) is 6.12. The fourth-order valence-corrected chi connectivity index (χ4v) is 3.02. The predicted molar refractivity (Wildman–Crippen MR) is 80.8 cm³/mol. The van der Waals surface area contributed by atoms with Gasteiger partial charge in [-0.1, -0.05) is 0 Å². The van der Waals surface area contributed by atoms with E-state index in [0.29, 0.717) is 24.3 Å². The molecule has 5 nitrogen and oxygen atoms in total. The number of nitrogens with one attached hydrogen (secondary N) is 1. The van der Waals surface area contributed by atoms with E-state index in [1.54, 1.807) is 6.07 Å². The van der Waals surface area contributed by atoms with Crippen molar-refractivity contribution < 1.29 is 14.6 Å². The highest BCUT2D eigenvalue weighted by molar-refractivity contribution is 5.51. The van der Waals surface area contributed by atoms with Gasteiger partial charge in [-0.05, 0) is 45.3 Å². The second-order valence-corrected chi connectivity index (χ2v) is 6.21. The standard InChI is InChI=1S/C16H24N2O3/c1-11(2)18-4-3-12(9-18)7-17-8-13-5-15-16(6-14(13)19)21-10-20-15/h5-6,11-12,17,19H,3-4,7-10H2,1-2H3. The quantitative estimate of drug-likeness (QED) is 0.868. The normalized spacial score (nSPS) is 21.4. The highest BCUT2D eigenvalue weighted by Gasteiger charge is 2.24. The summed E-state index contributed by atoms with van der Waals surface area (Å²) in [4.78, 5) is 2.52. The Hall–Kier alpha value is -1.46. The Balaban J connectivity index is 1.50. The Morgan fingerprint density at radius 3 is 2.81 bits per heavy atom. The second-order valence-electron chi connectivity index (χ2n) is 6.21. The van der Waals surface area contributed by atoms with Gasteiger partial charge in [0, 0.05) is 30.8 Å². The van der Waals surface area contributed by atoms with Crippen LogP contribution in [0, 0.1) is 5.92 Å². The molecule has 2 heterocycles. The van der Waals surface area contributed by atoms with E-state index in [1.165, 1.54) is 13.0 Å². The van der Waals surface area contributed by atoms with E-state index in [2.05, 4.69) is 24.1 Å². The topological polar surface area (TPSA) is 54.0 Å². The molecule has 0 radical (unpaired) electrons. The zero-order valence-electron chi connectivity index (χ0n) is 12.8. The minimum absolute atomic E-state index is 0.235. The minimum atomic E-state index is 0.235. The van der Waals surface area contributed by atoms with Gasteiger partial charge in [-0.15, -0.1) is 0 Å². The van der Waals surface area contributed by atoms with Crippen molar-refractivity contribution in [3.8, 4) is 17.2 Å². The molecule has 1 unspecified atom stereocenters. The number of hydrogen-bond donors (Lipinski definition) is 2. The molecular formula is C16H24N2O3. The Labute approximate surface area is 125 Å². The fraction of sp³-hybridized carbons (Fsp3) is 0.625. The third kappa shape index (κ3) is 3.24. The van der Waals surface area contributed by atoms with Gasteiger partial charge in [0.15, 0.2) is 11.5 Å². The molecule has 0 spiro atoms. The number of hydrogen-bond acceptors (Lipinski definition) is 5. The van der Waals surface area contributed by atoms with Gasteiger partial charge in [0.2, 0.25) is 6.79 Å². The average molecular weight is 292 g/mol. The number of benzene rings is 1. The number of nitrogens with zero attached hydrogens (tertiary/aromatic N) is 1. The Morgan fingerprint density at radius 1 is 1.33 bits per heavy atom. The Bertz CT molecular complexity index is 505. The summed E-state index contributed by atoms with van der Waals surface area (Å²) in [5, 5.41) is 13.4. The van der Waals surface area contributed by atoms with Crippen molar-refractivity contribution in [1.29, 1.82) is 0 Å². The van der Waals surface area contributed by atoms with Crippen molar-refractivity contribution in [3.63, 3.8) is 0 Å². The number of likely N-dealkylation sites (tertiary alicyclic amines) is 1. The maximum absolute atomic E-state index is 10.00. The lowest BCUT2D eigenvalue weighted by Crippen LogP contribution is -2.30. The van der Waals surface area contributed by atoms with E-state index in [0.717, 1.165) is 24.4 Å². The molecule has 21 heavy (non-hydrogen) atoms. The lowest BCUT2D eigenvalue weighted by atomic mass is 10.1. The molecule has 0 aromatic heterocycles. The first-order valence-corrected chi connectivity index (χ1v) is 7.69. The van der Waals surface area contributed by atoms with Crippen molar-refractivity contribution in [1.82, 2.24) is 10.2 Å². The first kappa shape index (κ1) is 14.5. The average Bonchev–Trinajstić information content (AvgIpc) is 3.07. The summed E-state index contributed by atoms with van der Waals surface area (Å²) in [6.45, 7) is 8.73. The van der Waals surface area contributed by atoms with Crippen molar-refractivity contribution in [2.45, 2.75) is 32.9 Å². The van der Waals surface area contributed by atoms with E-state index >= 15 is 0 Å². The monoisotopic (exact) mass is 292 g/mol. The van der Waals surface area contributed by atoms with Crippen LogP contribution in [0.5, 0.6) is 17.2 Å². The minimum Gasteiger partial charge on any atom is -0.507 e. The van der Waals surface area contributed by atoms with Gasteiger partial charge in [-0.3, -0.25) is 0 Å². The van der Waals surface area contributed by atoms with Gasteiger partial charge in [-0.25, -0.2) is 0 Å². The summed E-state index contributed by atoms with van der Waals surface area (Å²) >= 11 is 0. The summed E-state index contributed by atoms with van der Waals surface area (Å²) < 4.78 is 10.6. The maximum atomic E-state index is 10.00. The SMILES string of the molecule is CC(C)N1CCC(CNCc2cc3c(cc2O)OCO3)C1. The van der Waals surface area contributed by atoms with Crippen LogP contribution in [0.15, 0.2) is 12.1 Å². The molecule has 1 atom stereocenters. The molecule has 0 aliphatic carbocycles. The first-order valence-electron chi connectivity index (χ1n) is 7.69. The summed E-state index contributed by atoms with van der Waals surface area (Å²) in [7, 11) is 0. The summed E-state index contributed by atoms with van der Waals surface area (Å²) in [5.74, 6) is 2.31. The van der Waals surface area contributed by atoms with Crippen LogP contribution in [0.1, 0.15) is 25.8 Å². The zero-order chi connectivity index (χ0) is 14.8. The third-order valence-corrected chi connectivity index (χ3v) is 4.37. The van der Waals surface area contributed by atoms with Gasteiger partial charge in [0.25, 0.3) is 0 Å². The largest absolute Gasteiger partial charge is 0.507 e. The van der Waals surface area contributed by atoms with Crippen molar-refractivity contribution >= 4 is 0 Å². The van der Waals surface area contributed by atoms with Gasteiger partial charge in [0.1, 0.15) is 5.75 Å². The van der Waals surface area contributed by atoms with Crippen molar-refractivity contribution in [2.75, 3.05) is 26.4 Å². The number of phenolic OH excluding ortho intramolecular Hbond substituents is 1. The molecule has 3 rings (SSSR count). The summed E-state index contributed by atoms with van der Waals surface area (Å²) in [5.41, 5.74) is 0.859. The fourth-order valence-electron chi connectivity index (χ4n) is 3.02. The maximum Gasteiger partial charge on any atom is 0.231 e. The number of phenols is 1. The van der Waals surface area contributed by atoms with E-state index in [4.69, 9.17) is 9.47 Å². The first-order chi connectivity index (χ1) is 10.1. The predicted octanol–water partition coefficient (Wildman–Crippen LogP) is 1.94. The molecule has 0 bridgehead atoms. The molecule has 2 aliphatic rings. The molecule has 1 aromatic carbocycles. The number of ether oxygens (including phenoxy) is 2. The van der Waals surface area contributed by atoms with E-state index in [-0.39, 0.29) is 12.5 Å². The van der Waals surface area contributed by atoms with Crippen LogP contribution in [-0.2, 0) is 6.54 Å². The third-order valence-electron chi connectivity index (χ3n) is 4.37. The van der Waals surface area contributed by atoms with Crippen LogP contribution in [0.2, 0.25) is 0 Å². The molecule has 2 aliphatic heterocycles. The molecule has 0 amide bonds. The van der Waals surface area contributed by atoms with E-state index in [1.807, 2.05) is 6.07 Å². The van der Waals surface area contributed by atoms with E-state index < -0.39 is 0 Å². The van der Waals surface area contributed by atoms with Crippen LogP contribution < -0.4 is 14.8 Å². The summed E-state index contributed by atoms with van der Waals surface area (Å²) in [6.07, 6.45) is 1.25.